The monoisotopic (exact) mass is 300 g/mol. The van der Waals surface area contributed by atoms with Crippen molar-refractivity contribution in [3.63, 3.8) is 0 Å². The molecule has 1 heterocycles. The van der Waals surface area contributed by atoms with Gasteiger partial charge in [0.15, 0.2) is 0 Å². The summed E-state index contributed by atoms with van der Waals surface area (Å²) in [6.45, 7) is 2.20. The number of amides is 1. The summed E-state index contributed by atoms with van der Waals surface area (Å²) < 4.78 is 0. The Morgan fingerprint density at radius 1 is 1.63 bits per heavy atom. The van der Waals surface area contributed by atoms with E-state index in [9.17, 15) is 4.79 Å². The molecule has 2 unspecified atom stereocenters. The molecule has 0 bridgehead atoms. The second-order valence-electron chi connectivity index (χ2n) is 5.43. The average molecular weight is 301 g/mol. The van der Waals surface area contributed by atoms with E-state index in [4.69, 9.17) is 23.2 Å². The molecule has 1 amide bonds. The molecule has 2 rings (SSSR count). The van der Waals surface area contributed by atoms with Crippen LogP contribution in [0, 0.1) is 5.92 Å². The van der Waals surface area contributed by atoms with Crippen LogP contribution < -0.4 is 5.32 Å². The van der Waals surface area contributed by atoms with Gasteiger partial charge in [-0.1, -0.05) is 31.4 Å². The van der Waals surface area contributed by atoms with Crippen LogP contribution in [0.1, 0.15) is 43.0 Å². The van der Waals surface area contributed by atoms with Gasteiger partial charge < -0.3 is 5.32 Å². The lowest BCUT2D eigenvalue weighted by molar-refractivity contribution is 0.0867. The largest absolute Gasteiger partial charge is 0.345 e. The highest BCUT2D eigenvalue weighted by molar-refractivity contribution is 6.33. The number of aromatic nitrogens is 1. The number of hydrogen-bond donors (Lipinski definition) is 1. The van der Waals surface area contributed by atoms with Gasteiger partial charge in [-0.2, -0.15) is 0 Å². The molecular weight excluding hydrogens is 283 g/mol. The predicted molar refractivity (Wildman–Crippen MR) is 77.8 cm³/mol. The third-order valence-electron chi connectivity index (χ3n) is 3.74. The maximum Gasteiger partial charge on any atom is 0.253 e. The summed E-state index contributed by atoms with van der Waals surface area (Å²) >= 11 is 12.1. The first-order valence-corrected chi connectivity index (χ1v) is 7.45. The fraction of sp³-hybridized carbons (Fsp3) is 0.571. The van der Waals surface area contributed by atoms with Gasteiger partial charge in [-0.05, 0) is 24.8 Å². The lowest BCUT2D eigenvalue weighted by Crippen LogP contribution is -2.52. The number of halogens is 2. The first-order valence-electron chi connectivity index (χ1n) is 6.54. The van der Waals surface area contributed by atoms with Crippen molar-refractivity contribution in [2.45, 2.75) is 38.1 Å². The van der Waals surface area contributed by atoms with Gasteiger partial charge >= 0.3 is 0 Å². The first-order chi connectivity index (χ1) is 9.06. The summed E-state index contributed by atoms with van der Waals surface area (Å²) in [6, 6.07) is 1.63. The molecule has 1 aliphatic carbocycles. The summed E-state index contributed by atoms with van der Waals surface area (Å²) in [5, 5.41) is 3.46. The molecule has 3 nitrogen and oxygen atoms in total. The SMILES string of the molecule is CC1CCCC(CCl)(NC(=O)c2ccncc2Cl)C1. The van der Waals surface area contributed by atoms with E-state index >= 15 is 0 Å². The van der Waals surface area contributed by atoms with Crippen molar-refractivity contribution in [1.82, 2.24) is 10.3 Å². The van der Waals surface area contributed by atoms with Gasteiger partial charge in [0.2, 0.25) is 0 Å². The van der Waals surface area contributed by atoms with E-state index in [0.29, 0.717) is 22.4 Å². The van der Waals surface area contributed by atoms with Crippen molar-refractivity contribution in [2.75, 3.05) is 5.88 Å². The number of carbonyl (C=O) groups is 1. The predicted octanol–water partition coefficient (Wildman–Crippen LogP) is 3.65. The highest BCUT2D eigenvalue weighted by Crippen LogP contribution is 2.33. The number of nitrogens with zero attached hydrogens (tertiary/aromatic N) is 1. The van der Waals surface area contributed by atoms with E-state index in [0.717, 1.165) is 19.3 Å². The van der Waals surface area contributed by atoms with Gasteiger partial charge in [-0.15, -0.1) is 11.6 Å². The first kappa shape index (κ1) is 14.6. The number of hydrogen-bond acceptors (Lipinski definition) is 2. The van der Waals surface area contributed by atoms with E-state index in [-0.39, 0.29) is 11.4 Å². The molecule has 1 aromatic rings. The zero-order chi connectivity index (χ0) is 13.9. The van der Waals surface area contributed by atoms with Crippen molar-refractivity contribution in [3.8, 4) is 0 Å². The van der Waals surface area contributed by atoms with Crippen molar-refractivity contribution in [3.05, 3.63) is 29.0 Å². The molecular formula is C14H18Cl2N2O. The number of carbonyl (C=O) groups excluding carboxylic acids is 1. The molecule has 19 heavy (non-hydrogen) atoms. The number of alkyl halides is 1. The van der Waals surface area contributed by atoms with Crippen LogP contribution in [0.25, 0.3) is 0 Å². The lowest BCUT2D eigenvalue weighted by atomic mass is 9.77. The molecule has 1 saturated carbocycles. The van der Waals surface area contributed by atoms with Gasteiger partial charge in [0, 0.05) is 18.3 Å². The Labute approximate surface area is 123 Å². The normalized spacial score (nSPS) is 27.0. The molecule has 1 N–H and O–H groups in total. The van der Waals surface area contributed by atoms with Crippen LogP contribution in [-0.2, 0) is 0 Å². The van der Waals surface area contributed by atoms with Gasteiger partial charge in [0.05, 0.1) is 16.1 Å². The molecule has 0 aliphatic heterocycles. The van der Waals surface area contributed by atoms with E-state index in [2.05, 4.69) is 17.2 Å². The Morgan fingerprint density at radius 2 is 2.42 bits per heavy atom. The minimum atomic E-state index is -0.303. The van der Waals surface area contributed by atoms with Crippen molar-refractivity contribution < 1.29 is 4.79 Å². The van der Waals surface area contributed by atoms with Crippen molar-refractivity contribution in [1.29, 1.82) is 0 Å². The fourth-order valence-corrected chi connectivity index (χ4v) is 3.31. The molecule has 1 fully saturated rings. The van der Waals surface area contributed by atoms with Crippen LogP contribution in [0.3, 0.4) is 0 Å². The van der Waals surface area contributed by atoms with Gasteiger partial charge in [-0.3, -0.25) is 9.78 Å². The molecule has 5 heteroatoms. The molecule has 0 spiro atoms. The van der Waals surface area contributed by atoms with Crippen molar-refractivity contribution >= 4 is 29.1 Å². The quantitative estimate of drug-likeness (QED) is 0.866. The van der Waals surface area contributed by atoms with Gasteiger partial charge in [-0.25, -0.2) is 0 Å². The van der Waals surface area contributed by atoms with Gasteiger partial charge in [0.1, 0.15) is 0 Å². The van der Waals surface area contributed by atoms with Gasteiger partial charge in [0.25, 0.3) is 5.91 Å². The van der Waals surface area contributed by atoms with Crippen LogP contribution in [0.15, 0.2) is 18.5 Å². The maximum atomic E-state index is 12.3. The highest BCUT2D eigenvalue weighted by atomic mass is 35.5. The summed E-state index contributed by atoms with van der Waals surface area (Å²) in [5.41, 5.74) is 0.155. The van der Waals surface area contributed by atoms with Crippen LogP contribution in [0.2, 0.25) is 5.02 Å². The number of rotatable bonds is 3. The minimum absolute atomic E-state index is 0.165. The Bertz CT molecular complexity index is 467. The van der Waals surface area contributed by atoms with Crippen LogP contribution >= 0.6 is 23.2 Å². The summed E-state index contributed by atoms with van der Waals surface area (Å²) in [4.78, 5) is 16.2. The second-order valence-corrected chi connectivity index (χ2v) is 6.10. The topological polar surface area (TPSA) is 42.0 Å². The van der Waals surface area contributed by atoms with E-state index in [1.165, 1.54) is 12.6 Å². The highest BCUT2D eigenvalue weighted by Gasteiger charge is 2.36. The Morgan fingerprint density at radius 3 is 3.05 bits per heavy atom. The van der Waals surface area contributed by atoms with Crippen molar-refractivity contribution in [2.24, 2.45) is 5.92 Å². The molecule has 1 aliphatic rings. The minimum Gasteiger partial charge on any atom is -0.345 e. The van der Waals surface area contributed by atoms with Crippen LogP contribution in [0.4, 0.5) is 0 Å². The van der Waals surface area contributed by atoms with E-state index in [1.807, 2.05) is 0 Å². The standard InChI is InChI=1S/C14H18Cl2N2O/c1-10-3-2-5-14(7-10,9-15)18-13(19)11-4-6-17-8-12(11)16/h4,6,8,10H,2-3,5,7,9H2,1H3,(H,18,19). The molecule has 1 aromatic heterocycles. The summed E-state index contributed by atoms with van der Waals surface area (Å²) in [6.07, 6.45) is 7.19. The third-order valence-corrected chi connectivity index (χ3v) is 4.56. The molecule has 0 radical (unpaired) electrons. The Balaban J connectivity index is 2.14. The molecule has 2 atom stereocenters. The van der Waals surface area contributed by atoms with Crippen LogP contribution in [0.5, 0.6) is 0 Å². The lowest BCUT2D eigenvalue weighted by Gasteiger charge is -2.39. The molecule has 104 valence electrons. The molecule has 0 saturated heterocycles. The fourth-order valence-electron chi connectivity index (χ4n) is 2.80. The second kappa shape index (κ2) is 6.10. The summed E-state index contributed by atoms with van der Waals surface area (Å²) in [5.74, 6) is 0.856. The Kier molecular flexibility index (Phi) is 4.69. The number of pyridine rings is 1. The zero-order valence-electron chi connectivity index (χ0n) is 11.0. The Hall–Kier alpha value is -0.800. The maximum absolute atomic E-state index is 12.3. The molecule has 0 aromatic carbocycles. The van der Waals surface area contributed by atoms with E-state index in [1.54, 1.807) is 12.3 Å². The average Bonchev–Trinajstić information content (AvgIpc) is 2.39. The smallest absolute Gasteiger partial charge is 0.253 e. The third kappa shape index (κ3) is 3.40. The number of nitrogens with one attached hydrogen (secondary N) is 1. The zero-order valence-corrected chi connectivity index (χ0v) is 12.5. The summed E-state index contributed by atoms with van der Waals surface area (Å²) in [7, 11) is 0. The van der Waals surface area contributed by atoms with Crippen LogP contribution in [-0.4, -0.2) is 22.3 Å². The van der Waals surface area contributed by atoms with E-state index < -0.39 is 0 Å².